The summed E-state index contributed by atoms with van der Waals surface area (Å²) in [5.74, 6) is 2.02. The second kappa shape index (κ2) is 10.3. The van der Waals surface area contributed by atoms with Crippen LogP contribution in [0.2, 0.25) is 0 Å². The zero-order valence-corrected chi connectivity index (χ0v) is 20.0. The van der Waals surface area contributed by atoms with Crippen molar-refractivity contribution in [1.82, 2.24) is 15.1 Å². The fraction of sp³-hybridized carbons (Fsp3) is 0.654. The van der Waals surface area contributed by atoms with Gasteiger partial charge in [0.1, 0.15) is 12.3 Å². The van der Waals surface area contributed by atoms with E-state index in [-0.39, 0.29) is 17.9 Å². The number of amides is 2. The average Bonchev–Trinajstić information content (AvgIpc) is 3.20. The molecule has 3 fully saturated rings. The highest BCUT2D eigenvalue weighted by molar-refractivity contribution is 6.05. The highest BCUT2D eigenvalue weighted by atomic mass is 16.5. The van der Waals surface area contributed by atoms with E-state index < -0.39 is 0 Å². The van der Waals surface area contributed by atoms with Gasteiger partial charge in [0.2, 0.25) is 17.8 Å². The fourth-order valence-corrected chi connectivity index (χ4v) is 6.24. The van der Waals surface area contributed by atoms with Crippen molar-refractivity contribution in [3.63, 3.8) is 0 Å². The molecule has 3 N–H and O–H groups in total. The summed E-state index contributed by atoms with van der Waals surface area (Å²) in [4.78, 5) is 32.9. The van der Waals surface area contributed by atoms with Gasteiger partial charge in [-0.2, -0.15) is 0 Å². The molecule has 3 unspecified atom stereocenters. The minimum atomic E-state index is -0.157. The fourth-order valence-electron chi connectivity index (χ4n) is 6.24. The molecule has 0 bridgehead atoms. The lowest BCUT2D eigenvalue weighted by Gasteiger charge is -2.47. The summed E-state index contributed by atoms with van der Waals surface area (Å²) >= 11 is 0. The molecule has 184 valence electrons. The monoisotopic (exact) mass is 467 g/mol. The summed E-state index contributed by atoms with van der Waals surface area (Å²) in [6.07, 6.45) is 11.4. The number of fused-ring (bicyclic) bond motifs is 3. The summed E-state index contributed by atoms with van der Waals surface area (Å²) in [7, 11) is 0. The van der Waals surface area contributed by atoms with Crippen molar-refractivity contribution < 1.29 is 14.3 Å². The number of hydrogen-bond donors (Lipinski definition) is 2. The number of carbonyl (C=O) groups is 2. The van der Waals surface area contributed by atoms with Crippen molar-refractivity contribution in [2.75, 3.05) is 19.7 Å². The molecule has 8 heteroatoms. The molecule has 1 saturated carbocycles. The average molecular weight is 468 g/mol. The van der Waals surface area contributed by atoms with Crippen LogP contribution in [0.25, 0.3) is 0 Å². The number of aliphatic imine (C=N–C) groups is 1. The Kier molecular flexibility index (Phi) is 7.04. The molecule has 2 amide bonds. The minimum absolute atomic E-state index is 0.0135. The SMILES string of the molecule is NC(=O)C(CCCCCOc1ccc2c(c1)N=C1NC(=O)CN1C2)N1CCCC2CCCCC21. The largest absolute Gasteiger partial charge is 0.494 e. The van der Waals surface area contributed by atoms with Crippen molar-refractivity contribution >= 4 is 23.5 Å². The van der Waals surface area contributed by atoms with E-state index in [2.05, 4.69) is 15.2 Å². The van der Waals surface area contributed by atoms with E-state index in [1.807, 2.05) is 23.1 Å². The number of carbonyl (C=O) groups excluding carboxylic acids is 2. The number of guanidine groups is 1. The Labute approximate surface area is 201 Å². The van der Waals surface area contributed by atoms with Crippen LogP contribution in [0.3, 0.4) is 0 Å². The number of nitrogens with one attached hydrogen (secondary N) is 1. The highest BCUT2D eigenvalue weighted by Crippen LogP contribution is 2.37. The van der Waals surface area contributed by atoms with E-state index in [0.717, 1.165) is 55.1 Å². The number of nitrogens with zero attached hydrogens (tertiary/aromatic N) is 3. The smallest absolute Gasteiger partial charge is 0.246 e. The number of nitrogens with two attached hydrogens (primary N) is 1. The molecule has 5 rings (SSSR count). The number of primary amides is 1. The van der Waals surface area contributed by atoms with Crippen LogP contribution in [-0.4, -0.2) is 59.4 Å². The first-order valence-corrected chi connectivity index (χ1v) is 13.0. The standard InChI is InChI=1S/C26H37N5O3/c27-25(33)23(31-13-6-8-18-7-3-4-9-22(18)31)10-2-1-5-14-34-20-12-11-19-16-30-17-24(32)29-26(30)28-21(19)15-20/h11-12,15,18,22-23H,1-10,13-14,16-17H2,(H2,27,33)(H,28,29,32). The van der Waals surface area contributed by atoms with Crippen molar-refractivity contribution in [2.24, 2.45) is 16.6 Å². The minimum Gasteiger partial charge on any atom is -0.494 e. The zero-order valence-electron chi connectivity index (χ0n) is 20.0. The molecule has 1 aliphatic carbocycles. The lowest BCUT2D eigenvalue weighted by Crippen LogP contribution is -2.55. The third-order valence-electron chi connectivity index (χ3n) is 7.94. The van der Waals surface area contributed by atoms with Gasteiger partial charge in [0, 0.05) is 18.7 Å². The van der Waals surface area contributed by atoms with Crippen LogP contribution >= 0.6 is 0 Å². The number of benzene rings is 1. The first kappa shape index (κ1) is 23.1. The van der Waals surface area contributed by atoms with E-state index >= 15 is 0 Å². The summed E-state index contributed by atoms with van der Waals surface area (Å²) in [5, 5.41) is 2.80. The summed E-state index contributed by atoms with van der Waals surface area (Å²) in [6.45, 7) is 2.70. The normalized spacial score (nSPS) is 25.0. The molecule has 1 aromatic carbocycles. The molecule has 8 nitrogen and oxygen atoms in total. The predicted octanol–water partition coefficient (Wildman–Crippen LogP) is 3.07. The summed E-state index contributed by atoms with van der Waals surface area (Å²) in [5.41, 5.74) is 7.82. The van der Waals surface area contributed by atoms with E-state index in [0.29, 0.717) is 31.7 Å². The maximum Gasteiger partial charge on any atom is 0.246 e. The predicted molar refractivity (Wildman–Crippen MR) is 131 cm³/mol. The highest BCUT2D eigenvalue weighted by Gasteiger charge is 2.38. The molecule has 0 aromatic heterocycles. The van der Waals surface area contributed by atoms with Gasteiger partial charge in [-0.05, 0) is 69.0 Å². The van der Waals surface area contributed by atoms with Crippen LogP contribution in [0.15, 0.2) is 23.2 Å². The van der Waals surface area contributed by atoms with Gasteiger partial charge in [-0.3, -0.25) is 19.8 Å². The molecular weight excluding hydrogens is 430 g/mol. The molecule has 0 radical (unpaired) electrons. The quantitative estimate of drug-likeness (QED) is 0.544. The van der Waals surface area contributed by atoms with Crippen LogP contribution in [-0.2, 0) is 16.1 Å². The zero-order chi connectivity index (χ0) is 23.5. The Bertz CT molecular complexity index is 946. The lowest BCUT2D eigenvalue weighted by atomic mass is 9.77. The maximum atomic E-state index is 12.3. The molecule has 4 aliphatic rings. The molecule has 1 aromatic rings. The van der Waals surface area contributed by atoms with Crippen molar-refractivity contribution in [3.05, 3.63) is 23.8 Å². The summed E-state index contributed by atoms with van der Waals surface area (Å²) in [6, 6.07) is 6.39. The van der Waals surface area contributed by atoms with Gasteiger partial charge in [-0.25, -0.2) is 4.99 Å². The molecule has 3 heterocycles. The van der Waals surface area contributed by atoms with Gasteiger partial charge in [-0.1, -0.05) is 25.3 Å². The second-order valence-corrected chi connectivity index (χ2v) is 10.2. The molecule has 34 heavy (non-hydrogen) atoms. The number of rotatable bonds is 9. The van der Waals surface area contributed by atoms with Gasteiger partial charge >= 0.3 is 0 Å². The number of hydrogen-bond acceptors (Lipinski definition) is 6. The van der Waals surface area contributed by atoms with Crippen LogP contribution in [0.1, 0.15) is 69.8 Å². The number of ether oxygens (including phenoxy) is 1. The van der Waals surface area contributed by atoms with Crippen LogP contribution in [0, 0.1) is 5.92 Å². The lowest BCUT2D eigenvalue weighted by molar-refractivity contribution is -0.126. The maximum absolute atomic E-state index is 12.3. The van der Waals surface area contributed by atoms with Crippen LogP contribution in [0.4, 0.5) is 5.69 Å². The molecule has 3 aliphatic heterocycles. The number of likely N-dealkylation sites (tertiary alicyclic amines) is 1. The van der Waals surface area contributed by atoms with E-state index in [1.165, 1.54) is 38.5 Å². The molecule has 3 atom stereocenters. The van der Waals surface area contributed by atoms with Gasteiger partial charge in [0.15, 0.2) is 0 Å². The Morgan fingerprint density at radius 3 is 2.88 bits per heavy atom. The van der Waals surface area contributed by atoms with Gasteiger partial charge < -0.3 is 15.4 Å². The third-order valence-corrected chi connectivity index (χ3v) is 7.94. The van der Waals surface area contributed by atoms with Crippen molar-refractivity contribution in [1.29, 1.82) is 0 Å². The van der Waals surface area contributed by atoms with Crippen LogP contribution < -0.4 is 15.8 Å². The van der Waals surface area contributed by atoms with E-state index in [9.17, 15) is 9.59 Å². The Morgan fingerprint density at radius 1 is 1.15 bits per heavy atom. The Balaban J connectivity index is 1.07. The second-order valence-electron chi connectivity index (χ2n) is 10.2. The first-order valence-electron chi connectivity index (χ1n) is 13.0. The van der Waals surface area contributed by atoms with E-state index in [1.54, 1.807) is 0 Å². The Hall–Kier alpha value is -2.61. The van der Waals surface area contributed by atoms with Gasteiger partial charge in [0.05, 0.1) is 18.3 Å². The molecular formula is C26H37N5O3. The van der Waals surface area contributed by atoms with Gasteiger partial charge in [0.25, 0.3) is 0 Å². The topological polar surface area (TPSA) is 100 Å². The summed E-state index contributed by atoms with van der Waals surface area (Å²) < 4.78 is 5.97. The van der Waals surface area contributed by atoms with Crippen molar-refractivity contribution in [3.8, 4) is 5.75 Å². The van der Waals surface area contributed by atoms with Gasteiger partial charge in [-0.15, -0.1) is 0 Å². The first-order chi connectivity index (χ1) is 16.6. The number of unbranched alkanes of at least 4 members (excludes halogenated alkanes) is 2. The van der Waals surface area contributed by atoms with Crippen LogP contribution in [0.5, 0.6) is 5.75 Å². The van der Waals surface area contributed by atoms with E-state index in [4.69, 9.17) is 10.5 Å². The third kappa shape index (κ3) is 5.06. The molecule has 0 spiro atoms. The molecule has 2 saturated heterocycles. The Morgan fingerprint density at radius 2 is 2.00 bits per heavy atom. The van der Waals surface area contributed by atoms with Crippen molar-refractivity contribution in [2.45, 2.75) is 82.8 Å². The number of piperidine rings is 1.